The molecule has 0 unspecified atom stereocenters. The number of aromatic nitrogens is 2. The van der Waals surface area contributed by atoms with Crippen molar-refractivity contribution >= 4 is 11.6 Å². The highest BCUT2D eigenvalue weighted by Gasteiger charge is 2.42. The fourth-order valence-corrected chi connectivity index (χ4v) is 1.60. The topological polar surface area (TPSA) is 25.8 Å². The third kappa shape index (κ3) is 1.76. The first kappa shape index (κ1) is 9.91. The summed E-state index contributed by atoms with van der Waals surface area (Å²) in [7, 11) is 0. The first-order chi connectivity index (χ1) is 6.51. The minimum Gasteiger partial charge on any atom is -0.237 e. The van der Waals surface area contributed by atoms with E-state index in [0.717, 1.165) is 11.5 Å². The molecule has 1 heterocycles. The molecule has 14 heavy (non-hydrogen) atoms. The van der Waals surface area contributed by atoms with Crippen LogP contribution >= 0.6 is 11.6 Å². The lowest BCUT2D eigenvalue weighted by Gasteiger charge is -2.11. The Labute approximate surface area is 89.7 Å². The predicted octanol–water partition coefficient (Wildman–Crippen LogP) is 3.30. The Balaban J connectivity index is 2.42. The van der Waals surface area contributed by atoms with Crippen LogP contribution in [0.15, 0.2) is 6.07 Å². The fourth-order valence-electron chi connectivity index (χ4n) is 1.41. The predicted molar refractivity (Wildman–Crippen MR) is 57.7 cm³/mol. The molecule has 1 aliphatic carbocycles. The summed E-state index contributed by atoms with van der Waals surface area (Å²) in [5.41, 5.74) is 1.25. The largest absolute Gasteiger partial charge is 0.237 e. The maximum Gasteiger partial charge on any atom is 0.136 e. The number of halogens is 1. The van der Waals surface area contributed by atoms with Gasteiger partial charge in [0.25, 0.3) is 0 Å². The maximum absolute atomic E-state index is 5.98. The molecule has 2 rings (SSSR count). The van der Waals surface area contributed by atoms with Crippen LogP contribution in [0.4, 0.5) is 0 Å². The molecule has 0 aliphatic heterocycles. The molecule has 1 aromatic heterocycles. The molecule has 2 nitrogen and oxygen atoms in total. The molecule has 0 spiro atoms. The van der Waals surface area contributed by atoms with Gasteiger partial charge in [0.1, 0.15) is 11.0 Å². The molecule has 0 N–H and O–H groups in total. The molecule has 1 saturated carbocycles. The zero-order valence-corrected chi connectivity index (χ0v) is 9.60. The van der Waals surface area contributed by atoms with Crippen molar-refractivity contribution in [3.63, 3.8) is 0 Å². The Morgan fingerprint density at radius 2 is 2.00 bits per heavy atom. The van der Waals surface area contributed by atoms with Crippen LogP contribution in [0.3, 0.4) is 0 Å². The van der Waals surface area contributed by atoms with Crippen molar-refractivity contribution in [3.05, 3.63) is 22.7 Å². The normalized spacial score (nSPS) is 18.6. The van der Waals surface area contributed by atoms with Gasteiger partial charge in [-0.2, -0.15) is 0 Å². The van der Waals surface area contributed by atoms with Gasteiger partial charge in [-0.3, -0.25) is 0 Å². The molecule has 0 bridgehead atoms. The van der Waals surface area contributed by atoms with E-state index in [1.54, 1.807) is 0 Å². The minimum atomic E-state index is 0.203. The first-order valence-electron chi connectivity index (χ1n) is 5.06. The van der Waals surface area contributed by atoms with Crippen LogP contribution in [-0.2, 0) is 5.41 Å². The van der Waals surface area contributed by atoms with Gasteiger partial charge in [-0.15, -0.1) is 0 Å². The Kier molecular flexibility index (Phi) is 2.26. The highest BCUT2D eigenvalue weighted by molar-refractivity contribution is 6.29. The van der Waals surface area contributed by atoms with E-state index in [1.165, 1.54) is 12.8 Å². The van der Waals surface area contributed by atoms with Gasteiger partial charge in [-0.1, -0.05) is 32.4 Å². The van der Waals surface area contributed by atoms with Gasteiger partial charge in [0, 0.05) is 11.1 Å². The van der Waals surface area contributed by atoms with Crippen LogP contribution in [0.5, 0.6) is 0 Å². The van der Waals surface area contributed by atoms with Crippen molar-refractivity contribution in [3.8, 4) is 0 Å². The molecule has 0 amide bonds. The van der Waals surface area contributed by atoms with Gasteiger partial charge in [0.05, 0.1) is 0 Å². The highest BCUT2D eigenvalue weighted by Crippen LogP contribution is 2.46. The summed E-state index contributed by atoms with van der Waals surface area (Å²) in [5, 5.41) is 0.576. The summed E-state index contributed by atoms with van der Waals surface area (Å²) in [4.78, 5) is 8.88. The van der Waals surface area contributed by atoms with Crippen molar-refractivity contribution in [1.82, 2.24) is 9.97 Å². The third-order valence-corrected chi connectivity index (χ3v) is 3.04. The van der Waals surface area contributed by atoms with Gasteiger partial charge in [0.2, 0.25) is 0 Å². The molecule has 0 atom stereocenters. The number of hydrogen-bond donors (Lipinski definition) is 0. The maximum atomic E-state index is 5.98. The van der Waals surface area contributed by atoms with E-state index in [2.05, 4.69) is 30.7 Å². The van der Waals surface area contributed by atoms with E-state index in [9.17, 15) is 0 Å². The quantitative estimate of drug-likeness (QED) is 0.700. The molecule has 0 saturated heterocycles. The van der Waals surface area contributed by atoms with Crippen LogP contribution in [0.1, 0.15) is 51.0 Å². The molecule has 1 aromatic rings. The van der Waals surface area contributed by atoms with Crippen molar-refractivity contribution < 1.29 is 0 Å². The molecule has 1 aliphatic rings. The van der Waals surface area contributed by atoms with Crippen LogP contribution < -0.4 is 0 Å². The lowest BCUT2D eigenvalue weighted by atomic mass is 10.1. The molecule has 1 fully saturated rings. The summed E-state index contributed by atoms with van der Waals surface area (Å²) in [6.45, 7) is 6.44. The van der Waals surface area contributed by atoms with Crippen LogP contribution in [-0.4, -0.2) is 9.97 Å². The van der Waals surface area contributed by atoms with Gasteiger partial charge in [-0.25, -0.2) is 9.97 Å². The van der Waals surface area contributed by atoms with E-state index in [0.29, 0.717) is 11.1 Å². The Bertz CT molecular complexity index is 356. The van der Waals surface area contributed by atoms with E-state index in [-0.39, 0.29) is 5.41 Å². The smallest absolute Gasteiger partial charge is 0.136 e. The second-order valence-electron chi connectivity index (χ2n) is 4.65. The molecule has 0 aromatic carbocycles. The van der Waals surface area contributed by atoms with Gasteiger partial charge >= 0.3 is 0 Å². The second-order valence-corrected chi connectivity index (χ2v) is 5.04. The van der Waals surface area contributed by atoms with E-state index < -0.39 is 0 Å². The zero-order valence-electron chi connectivity index (χ0n) is 8.84. The number of nitrogens with zero attached hydrogens (tertiary/aromatic N) is 2. The number of rotatable bonds is 2. The van der Waals surface area contributed by atoms with E-state index in [1.807, 2.05) is 6.07 Å². The fraction of sp³-hybridized carbons (Fsp3) is 0.636. The standard InChI is InChI=1S/C11H15ClN2/c1-7(2)8-6-9(12)14-10(13-8)11(3)4-5-11/h6-7H,4-5H2,1-3H3. The Morgan fingerprint density at radius 3 is 2.50 bits per heavy atom. The minimum absolute atomic E-state index is 0.203. The summed E-state index contributed by atoms with van der Waals surface area (Å²) in [6, 6.07) is 1.86. The molecule has 0 radical (unpaired) electrons. The first-order valence-corrected chi connectivity index (χ1v) is 5.44. The molecular weight excluding hydrogens is 196 g/mol. The average molecular weight is 211 g/mol. The molecular formula is C11H15ClN2. The van der Waals surface area contributed by atoms with Crippen LogP contribution in [0, 0.1) is 0 Å². The van der Waals surface area contributed by atoms with Crippen molar-refractivity contribution in [2.75, 3.05) is 0 Å². The monoisotopic (exact) mass is 210 g/mol. The van der Waals surface area contributed by atoms with Crippen molar-refractivity contribution in [1.29, 1.82) is 0 Å². The molecule has 3 heteroatoms. The van der Waals surface area contributed by atoms with Gasteiger partial charge in [0.15, 0.2) is 0 Å². The van der Waals surface area contributed by atoms with Crippen LogP contribution in [0.2, 0.25) is 5.15 Å². The lowest BCUT2D eigenvalue weighted by Crippen LogP contribution is -2.09. The summed E-state index contributed by atoms with van der Waals surface area (Å²) < 4.78 is 0. The Morgan fingerprint density at radius 1 is 1.36 bits per heavy atom. The van der Waals surface area contributed by atoms with E-state index >= 15 is 0 Å². The SMILES string of the molecule is CC(C)c1cc(Cl)nc(C2(C)CC2)n1. The summed E-state index contributed by atoms with van der Waals surface area (Å²) in [5.74, 6) is 1.34. The van der Waals surface area contributed by atoms with E-state index in [4.69, 9.17) is 11.6 Å². The summed E-state index contributed by atoms with van der Waals surface area (Å²) in [6.07, 6.45) is 2.37. The number of hydrogen-bond acceptors (Lipinski definition) is 2. The molecule has 76 valence electrons. The van der Waals surface area contributed by atoms with Gasteiger partial charge in [-0.05, 0) is 24.8 Å². The van der Waals surface area contributed by atoms with Crippen molar-refractivity contribution in [2.45, 2.75) is 44.9 Å². The third-order valence-electron chi connectivity index (χ3n) is 2.85. The average Bonchev–Trinajstić information content (AvgIpc) is 2.84. The summed E-state index contributed by atoms with van der Waals surface area (Å²) >= 11 is 5.98. The van der Waals surface area contributed by atoms with Gasteiger partial charge < -0.3 is 0 Å². The lowest BCUT2D eigenvalue weighted by molar-refractivity contribution is 0.683. The van der Waals surface area contributed by atoms with Crippen LogP contribution in [0.25, 0.3) is 0 Å². The zero-order chi connectivity index (χ0) is 10.3. The van der Waals surface area contributed by atoms with Crippen molar-refractivity contribution in [2.24, 2.45) is 0 Å². The Hall–Kier alpha value is -0.630. The highest BCUT2D eigenvalue weighted by atomic mass is 35.5. The second kappa shape index (κ2) is 3.20.